The summed E-state index contributed by atoms with van der Waals surface area (Å²) in [5, 5.41) is 12.5. The number of alkyl halides is 2. The maximum atomic E-state index is 11.1. The third-order valence-corrected chi connectivity index (χ3v) is 90.8. The van der Waals surface area contributed by atoms with E-state index in [1.165, 1.54) is 87.4 Å². The number of hydrogen-bond donors (Lipinski definition) is 1. The van der Waals surface area contributed by atoms with Crippen molar-refractivity contribution in [1.82, 2.24) is 0 Å². The number of hydrogen-bond acceptors (Lipinski definition) is 11. The molecule has 2 aliphatic heterocycles. The van der Waals surface area contributed by atoms with Crippen LogP contribution in [-0.2, 0) is 48.3 Å². The number of thiophene rings is 1. The predicted octanol–water partition coefficient (Wildman–Crippen LogP) is 8.43. The Labute approximate surface area is 734 Å². The van der Waals surface area contributed by atoms with E-state index >= 15 is 0 Å². The van der Waals surface area contributed by atoms with E-state index in [1.807, 2.05) is 90.6 Å². The average Bonchev–Trinajstić information content (AvgIpc) is 1.45. The molecular formula is C77H74Al2BBr2Cl5INNaO8S5Sn2. The first-order valence-electron chi connectivity index (χ1n) is 30.3. The number of benzene rings is 11. The van der Waals surface area contributed by atoms with E-state index in [1.54, 1.807) is 11.3 Å². The molecule has 28 heteroatoms. The van der Waals surface area contributed by atoms with Gasteiger partial charge in [-0.2, -0.15) is 23.1 Å². The number of nitrogens with zero attached hydrogens (tertiary/aromatic N) is 1. The molecule has 0 fully saturated rings. The zero-order valence-corrected chi connectivity index (χ0v) is 79.9. The average molecular weight is 2090 g/mol. The molecule has 0 aliphatic carbocycles. The number of thioether (sulfide) groups is 1. The maximum absolute atomic E-state index is 11.1. The van der Waals surface area contributed by atoms with Crippen molar-refractivity contribution in [3.63, 3.8) is 0 Å². The van der Waals surface area contributed by atoms with Gasteiger partial charge in [-0.3, -0.25) is 18.0 Å². The van der Waals surface area contributed by atoms with Crippen molar-refractivity contribution in [3.05, 3.63) is 353 Å². The van der Waals surface area contributed by atoms with Crippen LogP contribution in [0.4, 0.5) is 0 Å². The number of aryl methyl sites for hydroxylation is 2. The molecule has 539 valence electrons. The minimum atomic E-state index is -5.94. The van der Waals surface area contributed by atoms with Crippen molar-refractivity contribution in [2.75, 3.05) is 0 Å². The molecular weight excluding hydrogens is 2020 g/mol. The van der Waals surface area contributed by atoms with Gasteiger partial charge in [-0.15, -0.1) is 0 Å². The third kappa shape index (κ3) is 33.0. The van der Waals surface area contributed by atoms with Gasteiger partial charge >= 0.3 is 318 Å². The molecule has 105 heavy (non-hydrogen) atoms. The second kappa shape index (κ2) is 54.5. The van der Waals surface area contributed by atoms with Crippen molar-refractivity contribution in [2.24, 2.45) is 4.30 Å². The van der Waals surface area contributed by atoms with E-state index in [0.717, 1.165) is 52.8 Å². The summed E-state index contributed by atoms with van der Waals surface area (Å²) in [4.78, 5) is 0. The van der Waals surface area contributed by atoms with Gasteiger partial charge in [0.2, 0.25) is 0 Å². The predicted molar refractivity (Wildman–Crippen MR) is 457 cm³/mol. The van der Waals surface area contributed by atoms with E-state index in [0.29, 0.717) is 11.5 Å². The van der Waals surface area contributed by atoms with Gasteiger partial charge in [0.05, 0.1) is 0 Å². The first-order valence-corrected chi connectivity index (χ1v) is 58.8. The van der Waals surface area contributed by atoms with E-state index in [2.05, 4.69) is 281 Å². The summed E-state index contributed by atoms with van der Waals surface area (Å²) in [6.45, 7) is 4.13. The molecule has 11 aromatic carbocycles. The summed E-state index contributed by atoms with van der Waals surface area (Å²) in [6, 6.07) is 98.2. The minimum absolute atomic E-state index is 0. The van der Waals surface area contributed by atoms with Crippen LogP contribution in [0, 0.1) is 13.8 Å². The fraction of sp³-hybridized carbons (Fsp3) is 0.117. The van der Waals surface area contributed by atoms with Gasteiger partial charge in [0.1, 0.15) is 20.1 Å². The number of halogens is 8. The summed E-state index contributed by atoms with van der Waals surface area (Å²) < 4.78 is 65.5. The second-order valence-corrected chi connectivity index (χ2v) is 70.2. The van der Waals surface area contributed by atoms with Gasteiger partial charge in [-0.25, -0.2) is 0 Å². The molecule has 1 atom stereocenters. The van der Waals surface area contributed by atoms with Crippen LogP contribution in [-0.4, -0.2) is 90.4 Å². The number of rotatable bonds is 10. The van der Waals surface area contributed by atoms with E-state index in [9.17, 15) is 4.21 Å². The summed E-state index contributed by atoms with van der Waals surface area (Å²) in [6.07, 6.45) is 2.42. The topological polar surface area (TPSA) is 202 Å². The molecule has 0 amide bonds. The molecule has 1 aromatic heterocycles. The van der Waals surface area contributed by atoms with Crippen molar-refractivity contribution in [3.8, 4) is 0 Å². The molecule has 14 rings (SSSR count). The Morgan fingerprint density at radius 1 is 0.476 bits per heavy atom. The van der Waals surface area contributed by atoms with Crippen molar-refractivity contribution in [1.29, 1.82) is 0 Å². The van der Waals surface area contributed by atoms with Gasteiger partial charge < -0.3 is 11.0 Å². The molecule has 12 aromatic rings. The summed E-state index contributed by atoms with van der Waals surface area (Å²) in [5.41, 5.74) is 10.3. The van der Waals surface area contributed by atoms with Crippen molar-refractivity contribution >= 4 is 250 Å². The molecule has 0 saturated carbocycles. The van der Waals surface area contributed by atoms with E-state index in [-0.39, 0.29) is 65.3 Å². The molecule has 5 radical (unpaired) electrons. The van der Waals surface area contributed by atoms with Crippen molar-refractivity contribution < 1.29 is 82.4 Å². The zero-order chi connectivity index (χ0) is 72.5. The van der Waals surface area contributed by atoms with Crippen LogP contribution in [0.5, 0.6) is 0 Å². The first-order chi connectivity index (χ1) is 48.2. The monoisotopic (exact) mass is 2090 g/mol. The number of thiol groups is 1. The molecule has 9 nitrogen and oxygen atoms in total. The van der Waals surface area contributed by atoms with Gasteiger partial charge in [0.25, 0.3) is 0 Å². The Bertz CT molecular complexity index is 4170. The molecule has 0 bridgehead atoms. The summed E-state index contributed by atoms with van der Waals surface area (Å²) in [7, 11) is 3.65. The first kappa shape index (κ1) is 102. The Hall–Kier alpha value is -1.19. The third-order valence-electron chi connectivity index (χ3n) is 15.2. The Morgan fingerprint density at radius 3 is 1.18 bits per heavy atom. The van der Waals surface area contributed by atoms with Gasteiger partial charge in [0, 0.05) is 86.9 Å². The zero-order valence-electron chi connectivity index (χ0n) is 56.6. The Kier molecular flexibility index (Phi) is 52.9. The van der Waals surface area contributed by atoms with Crippen LogP contribution >= 0.6 is 132 Å². The van der Waals surface area contributed by atoms with Crippen molar-refractivity contribution in [2.45, 2.75) is 54.9 Å². The summed E-state index contributed by atoms with van der Waals surface area (Å²) >= 11 is 30.4. The number of fused-ring (bicyclic) bond motifs is 3. The fourth-order valence-corrected chi connectivity index (χ4v) is 116. The molecule has 0 spiro atoms. The molecule has 0 saturated heterocycles. The van der Waals surface area contributed by atoms with Gasteiger partial charge in [-0.05, 0) is 141 Å². The summed E-state index contributed by atoms with van der Waals surface area (Å²) in [5.74, 6) is 3.67. The molecule has 2 aliphatic rings. The van der Waals surface area contributed by atoms with Crippen LogP contribution in [0.1, 0.15) is 51.9 Å². The second-order valence-electron chi connectivity index (χ2n) is 21.8. The van der Waals surface area contributed by atoms with Crippen LogP contribution < -0.4 is 84.9 Å². The van der Waals surface area contributed by atoms with Crippen LogP contribution in [0.3, 0.4) is 0 Å². The Balaban J connectivity index is 0.000000686. The molecule has 3 heterocycles. The molecule has 4 N–H and O–H groups in total. The molecule has 1 unspecified atom stereocenters. The van der Waals surface area contributed by atoms with E-state index in [4.69, 9.17) is 75.6 Å². The standard InChI is InChI=1S/C8H7Br2Cl.C8H7ClOS.C8H7ClS.C8H5ClS.C8H9Cl.6C6H5.CH4.2Al.BHNS.IO4.Na.2H2O.O.S.2Sn/c9-4-6-1-2-8(11)3-7(6)5-10;9-8-2-1-6-4-11(10)5-7(6)3-8;2*9-8-2-1-6-4-10-5-7(6)3-8;1-6-3-4-8(9)5-7(6)2;6*1-2-4-6-5-3-1;;;;1-2-3;2-1(3,4)5;;;;;;;/h2*1-3H,4-5H2;1-3H,4-5H2;1-5H;3-5H,1-2H3;6*1-5H;1H4;;;3H;;;2*1H2;;;;/q;;;;;;;;;;;;;;;-1;+1;;;;;;. The normalized spacial score (nSPS) is 11.7. The van der Waals surface area contributed by atoms with Crippen LogP contribution in [0.25, 0.3) is 10.8 Å². The quantitative estimate of drug-likeness (QED) is 0.0608. The van der Waals surface area contributed by atoms with Crippen LogP contribution in [0.2, 0.25) is 25.1 Å². The van der Waals surface area contributed by atoms with E-state index < -0.39 is 64.9 Å². The van der Waals surface area contributed by atoms with Crippen LogP contribution in [0.15, 0.2) is 288 Å². The Morgan fingerprint density at radius 2 is 0.790 bits per heavy atom. The SMILES string of the molecule is C.Cc1ccc(Cl)cc1C.Clc1ccc(CBr)c(CBr)c1.Clc1ccc2c(c1)CSC2.Clc1ccc2cscc2c1.O.O.O=S1Cc2ccc(Cl)cc2C1.[Al].[B]=NS.[Na+].[O-][I+3]([O-])([O-])[O-].[O]=[Al].c1cc[c]([Sn]([S][Sn]([c]2ccccc2)([c]2ccccc2)[c]2ccccc2)([c]2ccccc2)[c]2ccccc2)cc1. The fourth-order valence-electron chi connectivity index (χ4n) is 10.5. The van der Waals surface area contributed by atoms with Gasteiger partial charge in [0.15, 0.2) is 0 Å². The van der Waals surface area contributed by atoms with Gasteiger partial charge in [-0.1, -0.05) is 128 Å².